The lowest BCUT2D eigenvalue weighted by atomic mass is 10.2. The van der Waals surface area contributed by atoms with Crippen molar-refractivity contribution in [3.63, 3.8) is 0 Å². The molecule has 0 bridgehead atoms. The molecule has 29 heavy (non-hydrogen) atoms. The molecule has 1 amide bonds. The predicted molar refractivity (Wildman–Crippen MR) is 111 cm³/mol. The largest absolute Gasteiger partial charge is 0.497 e. The van der Waals surface area contributed by atoms with Gasteiger partial charge in [-0.15, -0.1) is 6.58 Å². The van der Waals surface area contributed by atoms with Crippen LogP contribution in [0.1, 0.15) is 10.4 Å². The van der Waals surface area contributed by atoms with Gasteiger partial charge in [0.25, 0.3) is 5.91 Å². The summed E-state index contributed by atoms with van der Waals surface area (Å²) in [5.74, 6) is 0.449. The lowest BCUT2D eigenvalue weighted by Crippen LogP contribution is -2.16. The summed E-state index contributed by atoms with van der Waals surface area (Å²) in [5, 5.41) is 5.22. The molecule has 0 aliphatic rings. The molecule has 2 aromatic carbocycles. The summed E-state index contributed by atoms with van der Waals surface area (Å²) in [5.41, 5.74) is 1.02. The Labute approximate surface area is 171 Å². The van der Waals surface area contributed by atoms with Gasteiger partial charge in [0, 0.05) is 18.2 Å². The number of sulfonamides is 1. The molecule has 0 saturated heterocycles. The fourth-order valence-electron chi connectivity index (χ4n) is 2.70. The molecule has 0 spiro atoms. The number of primary sulfonamides is 1. The van der Waals surface area contributed by atoms with E-state index < -0.39 is 15.9 Å². The van der Waals surface area contributed by atoms with Crippen molar-refractivity contribution in [1.82, 2.24) is 4.57 Å². The predicted octanol–water partition coefficient (Wildman–Crippen LogP) is 2.29. The van der Waals surface area contributed by atoms with Gasteiger partial charge in [0.15, 0.2) is 4.80 Å². The highest BCUT2D eigenvalue weighted by Crippen LogP contribution is 2.24. The van der Waals surface area contributed by atoms with E-state index in [2.05, 4.69) is 11.6 Å². The fourth-order valence-corrected chi connectivity index (χ4v) is 4.40. The number of carbonyl (C=O) groups excluding carboxylic acids is 1. The number of hydrogen-bond donors (Lipinski definition) is 1. The zero-order valence-corrected chi connectivity index (χ0v) is 17.4. The van der Waals surface area contributed by atoms with Gasteiger partial charge >= 0.3 is 0 Å². The van der Waals surface area contributed by atoms with Gasteiger partial charge in [-0.25, -0.2) is 13.6 Å². The summed E-state index contributed by atoms with van der Waals surface area (Å²) in [4.78, 5) is 17.4. The molecular weight excluding hydrogens is 414 g/mol. The summed E-state index contributed by atoms with van der Waals surface area (Å²) in [6, 6.07) is 9.31. The summed E-state index contributed by atoms with van der Waals surface area (Å²) < 4.78 is 36.1. The molecule has 0 saturated carbocycles. The van der Waals surface area contributed by atoms with E-state index in [0.717, 1.165) is 5.52 Å². The van der Waals surface area contributed by atoms with Crippen LogP contribution in [-0.4, -0.2) is 33.1 Å². The summed E-state index contributed by atoms with van der Waals surface area (Å²) in [6.45, 7) is 4.12. The number of nitrogens with two attached hydrogens (primary N) is 1. The Morgan fingerprint density at radius 1 is 1.21 bits per heavy atom. The first-order valence-corrected chi connectivity index (χ1v) is 10.7. The first kappa shape index (κ1) is 20.8. The second-order valence-corrected chi connectivity index (χ2v) is 8.55. The number of allylic oxidation sites excluding steroid dienone is 1. The van der Waals surface area contributed by atoms with E-state index >= 15 is 0 Å². The molecule has 3 aromatic rings. The van der Waals surface area contributed by atoms with E-state index in [-0.39, 0.29) is 4.90 Å². The van der Waals surface area contributed by atoms with Crippen molar-refractivity contribution in [1.29, 1.82) is 0 Å². The monoisotopic (exact) mass is 433 g/mol. The molecule has 8 nitrogen and oxygen atoms in total. The highest BCUT2D eigenvalue weighted by Gasteiger charge is 2.14. The van der Waals surface area contributed by atoms with Crippen LogP contribution in [0.5, 0.6) is 11.5 Å². The van der Waals surface area contributed by atoms with Crippen molar-refractivity contribution < 1.29 is 22.7 Å². The molecule has 2 N–H and O–H groups in total. The lowest BCUT2D eigenvalue weighted by Gasteiger charge is -2.06. The number of benzene rings is 2. The van der Waals surface area contributed by atoms with Crippen molar-refractivity contribution in [2.75, 3.05) is 14.2 Å². The van der Waals surface area contributed by atoms with E-state index in [4.69, 9.17) is 14.6 Å². The Morgan fingerprint density at radius 2 is 1.86 bits per heavy atom. The number of methoxy groups -OCH3 is 2. The first-order valence-electron chi connectivity index (χ1n) is 8.36. The fraction of sp³-hybridized carbons (Fsp3) is 0.158. The third kappa shape index (κ3) is 4.39. The SMILES string of the molecule is C=CCn1c(=NC(=O)c2cc(OC)cc(OC)c2)sc2cc(S(N)(=O)=O)ccc21. The molecule has 0 aliphatic carbocycles. The topological polar surface area (TPSA) is 113 Å². The van der Waals surface area contributed by atoms with Crippen molar-refractivity contribution in [3.8, 4) is 11.5 Å². The number of thiazole rings is 1. The lowest BCUT2D eigenvalue weighted by molar-refractivity contribution is 0.0997. The minimum atomic E-state index is -3.84. The maximum Gasteiger partial charge on any atom is 0.279 e. The van der Waals surface area contributed by atoms with E-state index in [0.29, 0.717) is 33.1 Å². The smallest absolute Gasteiger partial charge is 0.279 e. The molecular formula is C19H19N3O5S2. The van der Waals surface area contributed by atoms with Gasteiger partial charge in [0.05, 0.1) is 29.3 Å². The third-order valence-electron chi connectivity index (χ3n) is 4.09. The van der Waals surface area contributed by atoms with Crippen LogP contribution in [0.15, 0.2) is 58.9 Å². The van der Waals surface area contributed by atoms with Crippen LogP contribution in [0.25, 0.3) is 10.2 Å². The van der Waals surface area contributed by atoms with Gasteiger partial charge in [-0.3, -0.25) is 4.79 Å². The maximum atomic E-state index is 12.8. The Bertz CT molecular complexity index is 1250. The maximum absolute atomic E-state index is 12.8. The van der Waals surface area contributed by atoms with Gasteiger partial charge in [0.1, 0.15) is 11.5 Å². The molecule has 152 valence electrons. The Hall–Kier alpha value is -2.95. The minimum Gasteiger partial charge on any atom is -0.497 e. The third-order valence-corrected chi connectivity index (χ3v) is 6.04. The number of aromatic nitrogens is 1. The van der Waals surface area contributed by atoms with Crippen LogP contribution < -0.4 is 19.4 Å². The van der Waals surface area contributed by atoms with Crippen LogP contribution in [-0.2, 0) is 16.6 Å². The second-order valence-electron chi connectivity index (χ2n) is 5.98. The number of nitrogens with zero attached hydrogens (tertiary/aromatic N) is 2. The van der Waals surface area contributed by atoms with E-state index in [1.54, 1.807) is 34.9 Å². The standard InChI is InChI=1S/C19H19N3O5S2/c1-4-7-22-16-6-5-15(29(20,24)25)11-17(16)28-19(22)21-18(23)12-8-13(26-2)10-14(9-12)27-3/h4-6,8-11H,1,7H2,2-3H3,(H2,20,24,25). The number of hydrogen-bond acceptors (Lipinski definition) is 6. The number of fused-ring (bicyclic) bond motifs is 1. The highest BCUT2D eigenvalue weighted by atomic mass is 32.2. The number of carbonyl (C=O) groups is 1. The number of rotatable bonds is 6. The Kier molecular flexibility index (Phi) is 5.87. The van der Waals surface area contributed by atoms with Crippen LogP contribution >= 0.6 is 11.3 Å². The zero-order valence-electron chi connectivity index (χ0n) is 15.8. The average Bonchev–Trinajstić information content (AvgIpc) is 3.03. The van der Waals surface area contributed by atoms with Crippen molar-refractivity contribution in [3.05, 3.63) is 59.4 Å². The van der Waals surface area contributed by atoms with Crippen LogP contribution in [0.4, 0.5) is 0 Å². The van der Waals surface area contributed by atoms with Gasteiger partial charge < -0.3 is 14.0 Å². The van der Waals surface area contributed by atoms with E-state index in [1.165, 1.54) is 37.7 Å². The normalized spacial score (nSPS) is 12.2. The van der Waals surface area contributed by atoms with E-state index in [9.17, 15) is 13.2 Å². The first-order chi connectivity index (χ1) is 13.8. The highest BCUT2D eigenvalue weighted by molar-refractivity contribution is 7.89. The molecule has 0 fully saturated rings. The summed E-state index contributed by atoms with van der Waals surface area (Å²) >= 11 is 1.18. The number of ether oxygens (including phenoxy) is 2. The molecule has 0 atom stereocenters. The van der Waals surface area contributed by atoms with Crippen LogP contribution in [0.2, 0.25) is 0 Å². The van der Waals surface area contributed by atoms with Gasteiger partial charge in [-0.05, 0) is 30.3 Å². The minimum absolute atomic E-state index is 0.00703. The van der Waals surface area contributed by atoms with Crippen LogP contribution in [0.3, 0.4) is 0 Å². The molecule has 0 unspecified atom stereocenters. The molecule has 10 heteroatoms. The molecule has 1 heterocycles. The number of amides is 1. The van der Waals surface area contributed by atoms with Gasteiger partial charge in [0.2, 0.25) is 10.0 Å². The van der Waals surface area contributed by atoms with Gasteiger partial charge in [-0.1, -0.05) is 17.4 Å². The summed E-state index contributed by atoms with van der Waals surface area (Å²) in [7, 11) is -0.853. The van der Waals surface area contributed by atoms with Crippen LogP contribution in [0, 0.1) is 0 Å². The molecule has 1 aromatic heterocycles. The Morgan fingerprint density at radius 3 is 2.41 bits per heavy atom. The van der Waals surface area contributed by atoms with Gasteiger partial charge in [-0.2, -0.15) is 4.99 Å². The summed E-state index contributed by atoms with van der Waals surface area (Å²) in [6.07, 6.45) is 1.66. The average molecular weight is 434 g/mol. The van der Waals surface area contributed by atoms with Crippen molar-refractivity contribution in [2.45, 2.75) is 11.4 Å². The van der Waals surface area contributed by atoms with Crippen molar-refractivity contribution in [2.24, 2.45) is 10.1 Å². The van der Waals surface area contributed by atoms with Crippen molar-refractivity contribution >= 4 is 37.5 Å². The molecule has 0 radical (unpaired) electrons. The molecule has 3 rings (SSSR count). The second kappa shape index (κ2) is 8.19. The molecule has 0 aliphatic heterocycles. The quantitative estimate of drug-likeness (QED) is 0.599. The Balaban J connectivity index is 2.17. The van der Waals surface area contributed by atoms with E-state index in [1.807, 2.05) is 0 Å². The zero-order chi connectivity index (χ0) is 21.2.